The standard InChI is InChI=1S/C7H10NO2/c1-7(4-3-5-9)6-8-10-2/h3-5,9H,1-2H3/q-1/b5-3-,7-4+. The Balaban J connectivity index is 3.81. The second kappa shape index (κ2) is 5.88. The van der Waals surface area contributed by atoms with Crippen LogP contribution in [0.5, 0.6) is 0 Å². The Morgan fingerprint density at radius 1 is 1.70 bits per heavy atom. The summed E-state index contributed by atoms with van der Waals surface area (Å²) in [7, 11) is 1.45. The Morgan fingerprint density at radius 3 is 2.90 bits per heavy atom. The molecule has 56 valence electrons. The van der Waals surface area contributed by atoms with Gasteiger partial charge in [-0.3, -0.25) is 0 Å². The molecular formula is C7H10NO2-. The van der Waals surface area contributed by atoms with E-state index in [9.17, 15) is 0 Å². The molecule has 0 aromatic heterocycles. The van der Waals surface area contributed by atoms with E-state index in [4.69, 9.17) is 5.11 Å². The molecule has 0 aromatic rings. The largest absolute Gasteiger partial charge is 0.517 e. The summed E-state index contributed by atoms with van der Waals surface area (Å²) in [6, 6.07) is 0. The van der Waals surface area contributed by atoms with Gasteiger partial charge in [0, 0.05) is 0 Å². The zero-order chi connectivity index (χ0) is 7.82. The Bertz CT molecular complexity index is 159. The second-order valence-corrected chi connectivity index (χ2v) is 1.58. The molecule has 0 rings (SSSR count). The quantitative estimate of drug-likeness (QED) is 0.212. The van der Waals surface area contributed by atoms with Crippen molar-refractivity contribution in [2.24, 2.45) is 5.16 Å². The Hall–Kier alpha value is -1.25. The van der Waals surface area contributed by atoms with Crippen LogP contribution in [-0.4, -0.2) is 18.4 Å². The van der Waals surface area contributed by atoms with Crippen LogP contribution in [0.3, 0.4) is 0 Å². The van der Waals surface area contributed by atoms with Crippen molar-refractivity contribution in [2.75, 3.05) is 7.11 Å². The molecule has 0 amide bonds. The predicted molar refractivity (Wildman–Crippen MR) is 40.0 cm³/mol. The van der Waals surface area contributed by atoms with Crippen LogP contribution in [0.25, 0.3) is 0 Å². The fourth-order valence-electron chi connectivity index (χ4n) is 0.342. The number of hydrogen-bond donors (Lipinski definition) is 1. The molecule has 0 saturated heterocycles. The molecular weight excluding hydrogens is 130 g/mol. The molecule has 0 bridgehead atoms. The lowest BCUT2D eigenvalue weighted by molar-refractivity contribution is 0.215. The summed E-state index contributed by atoms with van der Waals surface area (Å²) in [6.45, 7) is 1.79. The SMILES string of the molecule is CON=[C-]/C(C)=C/C=C\O. The van der Waals surface area contributed by atoms with Crippen LogP contribution >= 0.6 is 0 Å². The van der Waals surface area contributed by atoms with Crippen molar-refractivity contribution >= 4 is 6.21 Å². The molecule has 0 spiro atoms. The maximum atomic E-state index is 8.23. The fourth-order valence-corrected chi connectivity index (χ4v) is 0.342. The van der Waals surface area contributed by atoms with E-state index in [0.717, 1.165) is 11.8 Å². The Morgan fingerprint density at radius 2 is 2.40 bits per heavy atom. The fraction of sp³-hybridized carbons (Fsp3) is 0.286. The topological polar surface area (TPSA) is 41.8 Å². The molecule has 0 aliphatic carbocycles. The molecule has 0 aromatic carbocycles. The molecule has 10 heavy (non-hydrogen) atoms. The highest BCUT2D eigenvalue weighted by atomic mass is 16.6. The highest BCUT2D eigenvalue weighted by molar-refractivity contribution is 5.77. The van der Waals surface area contributed by atoms with E-state index in [1.54, 1.807) is 13.0 Å². The van der Waals surface area contributed by atoms with Gasteiger partial charge >= 0.3 is 0 Å². The van der Waals surface area contributed by atoms with Crippen molar-refractivity contribution in [3.63, 3.8) is 0 Å². The molecule has 0 unspecified atom stereocenters. The number of aliphatic hydroxyl groups excluding tert-OH is 1. The molecule has 3 heteroatoms. The van der Waals surface area contributed by atoms with Gasteiger partial charge in [-0.2, -0.15) is 0 Å². The van der Waals surface area contributed by atoms with Crippen molar-refractivity contribution in [1.82, 2.24) is 0 Å². The smallest absolute Gasteiger partial charge is 0.104 e. The normalized spacial score (nSPS) is 13.2. The molecule has 0 fully saturated rings. The van der Waals surface area contributed by atoms with Crippen molar-refractivity contribution in [3.05, 3.63) is 24.0 Å². The Kier molecular flexibility index (Phi) is 5.14. The molecule has 1 N–H and O–H groups in total. The van der Waals surface area contributed by atoms with Crippen LogP contribution in [-0.2, 0) is 4.84 Å². The third-order valence-electron chi connectivity index (χ3n) is 0.746. The van der Waals surface area contributed by atoms with Gasteiger partial charge in [-0.25, -0.2) is 16.8 Å². The summed E-state index contributed by atoms with van der Waals surface area (Å²) in [5.74, 6) is 0. The van der Waals surface area contributed by atoms with E-state index in [1.165, 1.54) is 13.2 Å². The third kappa shape index (κ3) is 4.90. The van der Waals surface area contributed by atoms with E-state index in [0.29, 0.717) is 0 Å². The van der Waals surface area contributed by atoms with Gasteiger partial charge in [0.1, 0.15) is 7.11 Å². The molecule has 0 heterocycles. The van der Waals surface area contributed by atoms with Crippen molar-refractivity contribution in [2.45, 2.75) is 6.92 Å². The number of rotatable bonds is 3. The van der Waals surface area contributed by atoms with Gasteiger partial charge in [0.15, 0.2) is 0 Å². The van der Waals surface area contributed by atoms with Crippen molar-refractivity contribution < 1.29 is 9.94 Å². The van der Waals surface area contributed by atoms with E-state index in [1.807, 2.05) is 0 Å². The lowest BCUT2D eigenvalue weighted by atomic mass is 10.3. The second-order valence-electron chi connectivity index (χ2n) is 1.58. The van der Waals surface area contributed by atoms with Crippen LogP contribution < -0.4 is 0 Å². The zero-order valence-corrected chi connectivity index (χ0v) is 6.03. The summed E-state index contributed by atoms with van der Waals surface area (Å²) in [5, 5.41) is 11.6. The molecule has 3 nitrogen and oxygen atoms in total. The van der Waals surface area contributed by atoms with Crippen LogP contribution in [0.2, 0.25) is 0 Å². The molecule has 0 aliphatic heterocycles. The average Bonchev–Trinajstić information content (AvgIpc) is 1.97. The third-order valence-corrected chi connectivity index (χ3v) is 0.746. The molecule has 0 aliphatic rings. The monoisotopic (exact) mass is 140 g/mol. The highest BCUT2D eigenvalue weighted by Crippen LogP contribution is 1.87. The Labute approximate surface area is 60.3 Å². The molecule has 0 saturated carbocycles. The van der Waals surface area contributed by atoms with Gasteiger partial charge in [0.25, 0.3) is 0 Å². The van der Waals surface area contributed by atoms with Crippen molar-refractivity contribution in [1.29, 1.82) is 0 Å². The van der Waals surface area contributed by atoms with E-state index >= 15 is 0 Å². The van der Waals surface area contributed by atoms with Crippen LogP contribution in [0.4, 0.5) is 0 Å². The van der Waals surface area contributed by atoms with Crippen LogP contribution in [0.1, 0.15) is 6.92 Å². The zero-order valence-electron chi connectivity index (χ0n) is 6.03. The maximum absolute atomic E-state index is 8.23. The first-order valence-electron chi connectivity index (χ1n) is 2.78. The van der Waals surface area contributed by atoms with E-state index in [2.05, 4.69) is 16.2 Å². The first kappa shape index (κ1) is 8.75. The molecule has 0 radical (unpaired) electrons. The van der Waals surface area contributed by atoms with E-state index < -0.39 is 0 Å². The number of nitrogens with zero attached hydrogens (tertiary/aromatic N) is 1. The summed E-state index contributed by atoms with van der Waals surface area (Å²) in [4.78, 5) is 4.38. The average molecular weight is 140 g/mol. The van der Waals surface area contributed by atoms with Gasteiger partial charge in [-0.05, 0) is 0 Å². The minimum absolute atomic E-state index is 0.784. The number of hydrogen-bond acceptors (Lipinski definition) is 3. The predicted octanol–water partition coefficient (Wildman–Crippen LogP) is 1.51. The van der Waals surface area contributed by atoms with Gasteiger partial charge in [-0.1, -0.05) is 6.92 Å². The lowest BCUT2D eigenvalue weighted by Crippen LogP contribution is -1.77. The van der Waals surface area contributed by atoms with Crippen LogP contribution in [0, 0.1) is 0 Å². The summed E-state index contributed by atoms with van der Waals surface area (Å²) >= 11 is 0. The minimum Gasteiger partial charge on any atom is -0.517 e. The van der Waals surface area contributed by atoms with Gasteiger partial charge < -0.3 is 9.94 Å². The molecule has 0 atom stereocenters. The van der Waals surface area contributed by atoms with E-state index in [-0.39, 0.29) is 0 Å². The summed E-state index contributed by atoms with van der Waals surface area (Å²) in [6.07, 6.45) is 6.65. The number of aliphatic hydroxyl groups is 1. The minimum atomic E-state index is 0.784. The van der Waals surface area contributed by atoms with Crippen molar-refractivity contribution in [3.8, 4) is 0 Å². The first-order chi connectivity index (χ1) is 4.81. The van der Waals surface area contributed by atoms with Gasteiger partial charge in [0.2, 0.25) is 0 Å². The van der Waals surface area contributed by atoms with Gasteiger partial charge in [0.05, 0.1) is 6.26 Å². The summed E-state index contributed by atoms with van der Waals surface area (Å²) < 4.78 is 0. The first-order valence-corrected chi connectivity index (χ1v) is 2.78. The maximum Gasteiger partial charge on any atom is 0.104 e. The number of allylic oxidation sites excluding steroid dienone is 3. The lowest BCUT2D eigenvalue weighted by Gasteiger charge is -1.97. The van der Waals surface area contributed by atoms with Gasteiger partial charge in [-0.15, -0.1) is 12.3 Å². The summed E-state index contributed by atoms with van der Waals surface area (Å²) in [5.41, 5.74) is 0.784. The van der Waals surface area contributed by atoms with Crippen LogP contribution in [0.15, 0.2) is 29.1 Å². The highest BCUT2D eigenvalue weighted by Gasteiger charge is 1.64.